The maximum atomic E-state index is 13.2. The minimum absolute atomic E-state index is 0.00377. The van der Waals surface area contributed by atoms with Gasteiger partial charge in [-0.3, -0.25) is 9.36 Å². The maximum Gasteiger partial charge on any atom is 0.311 e. The van der Waals surface area contributed by atoms with Crippen molar-refractivity contribution in [3.05, 3.63) is 40.8 Å². The highest BCUT2D eigenvalue weighted by Crippen LogP contribution is 2.40. The maximum absolute atomic E-state index is 13.2. The number of hydrogen-bond acceptors (Lipinski definition) is 7. The van der Waals surface area contributed by atoms with E-state index in [-0.39, 0.29) is 11.3 Å². The quantitative estimate of drug-likeness (QED) is 0.464. The van der Waals surface area contributed by atoms with Gasteiger partial charge in [-0.05, 0) is 18.6 Å². The minimum atomic E-state index is -0.544. The Kier molecular flexibility index (Phi) is 7.74. The van der Waals surface area contributed by atoms with Crippen molar-refractivity contribution >= 4 is 21.9 Å². The summed E-state index contributed by atoms with van der Waals surface area (Å²) in [5.41, 5.74) is 0.306. The van der Waals surface area contributed by atoms with Crippen LogP contribution in [0.5, 0.6) is 28.7 Å². The molecule has 1 aromatic carbocycles. The highest BCUT2D eigenvalue weighted by atomic mass is 32.2. The first kappa shape index (κ1) is 23.6. The molecule has 8 nitrogen and oxygen atoms in total. The predicted molar refractivity (Wildman–Crippen MR) is 126 cm³/mol. The Morgan fingerprint density at radius 2 is 1.81 bits per heavy atom. The Bertz CT molecular complexity index is 1120. The van der Waals surface area contributed by atoms with Crippen molar-refractivity contribution in [3.63, 3.8) is 0 Å². The van der Waals surface area contributed by atoms with E-state index in [0.29, 0.717) is 57.8 Å². The van der Waals surface area contributed by atoms with Gasteiger partial charge in [0.15, 0.2) is 17.2 Å². The van der Waals surface area contributed by atoms with Gasteiger partial charge in [0.1, 0.15) is 30.0 Å². The van der Waals surface area contributed by atoms with Crippen molar-refractivity contribution in [2.24, 2.45) is 0 Å². The number of benzene rings is 1. The van der Waals surface area contributed by atoms with E-state index in [9.17, 15) is 9.90 Å². The topological polar surface area (TPSA) is 92.0 Å². The van der Waals surface area contributed by atoms with Gasteiger partial charge in [0.05, 0.1) is 26.7 Å². The van der Waals surface area contributed by atoms with Crippen LogP contribution < -0.4 is 24.5 Å². The van der Waals surface area contributed by atoms with Gasteiger partial charge in [0.2, 0.25) is 5.75 Å². The Hall–Kier alpha value is -3.07. The molecule has 0 saturated carbocycles. The number of aromatic hydroxyl groups is 1. The third-order valence-electron chi connectivity index (χ3n) is 5.04. The molecule has 0 radical (unpaired) electrons. The Balaban J connectivity index is 1.84. The molecule has 0 amide bonds. The molecule has 1 atom stereocenters. The molecule has 0 fully saturated rings. The number of fused-ring (bicyclic) bond motifs is 1. The summed E-state index contributed by atoms with van der Waals surface area (Å²) < 4.78 is 23.6. The molecule has 0 bridgehead atoms. The highest BCUT2D eigenvalue weighted by molar-refractivity contribution is 7.96. The fourth-order valence-electron chi connectivity index (χ4n) is 3.51. The monoisotopic (exact) mass is 461 g/mol. The first-order valence-corrected chi connectivity index (χ1v) is 12.0. The van der Waals surface area contributed by atoms with Crippen LogP contribution in [0.1, 0.15) is 13.3 Å². The zero-order valence-corrected chi connectivity index (χ0v) is 19.8. The molecule has 0 aliphatic heterocycles. The molecule has 0 spiro atoms. The molecule has 3 aromatic rings. The Morgan fingerprint density at radius 3 is 2.41 bits per heavy atom. The third kappa shape index (κ3) is 4.57. The zero-order chi connectivity index (χ0) is 23.3. The molecule has 1 N–H and O–H groups in total. The summed E-state index contributed by atoms with van der Waals surface area (Å²) in [6.45, 7) is 2.89. The molecule has 9 heteroatoms. The number of aryl methyl sites for hydroxylation is 1. The fourth-order valence-corrected chi connectivity index (χ4v) is 4.90. The van der Waals surface area contributed by atoms with Gasteiger partial charge in [-0.2, -0.15) is 0 Å². The van der Waals surface area contributed by atoms with Crippen LogP contribution in [0.3, 0.4) is 0 Å². The summed E-state index contributed by atoms with van der Waals surface area (Å²) >= 11 is 0. The molecule has 32 heavy (non-hydrogen) atoms. The number of hydrogen-bond donors (Lipinski definition) is 1. The number of pyridine rings is 2. The summed E-state index contributed by atoms with van der Waals surface area (Å²) in [5.74, 6) is 2.61. The van der Waals surface area contributed by atoms with E-state index in [1.807, 2.05) is 13.2 Å². The molecule has 172 valence electrons. The zero-order valence-electron chi connectivity index (χ0n) is 19.0. The number of rotatable bonds is 10. The van der Waals surface area contributed by atoms with E-state index in [4.69, 9.17) is 18.9 Å². The van der Waals surface area contributed by atoms with Crippen LogP contribution in [-0.4, -0.2) is 54.6 Å². The summed E-state index contributed by atoms with van der Waals surface area (Å²) in [6.07, 6.45) is 4.36. The minimum Gasteiger partial charge on any atom is -0.503 e. The highest BCUT2D eigenvalue weighted by Gasteiger charge is 2.29. The lowest BCUT2D eigenvalue weighted by molar-refractivity contribution is 0.309. The van der Waals surface area contributed by atoms with E-state index in [0.717, 1.165) is 6.42 Å². The molecular weight excluding hydrogens is 432 g/mol. The second kappa shape index (κ2) is 10.5. The van der Waals surface area contributed by atoms with Gasteiger partial charge in [0.25, 0.3) is 4.90 Å². The van der Waals surface area contributed by atoms with Crippen LogP contribution in [0.2, 0.25) is 0 Å². The summed E-state index contributed by atoms with van der Waals surface area (Å²) in [7, 11) is 4.09. The van der Waals surface area contributed by atoms with E-state index < -0.39 is 10.9 Å². The number of aromatic nitrogens is 2. The molecule has 2 aromatic heterocycles. The van der Waals surface area contributed by atoms with Crippen LogP contribution in [-0.2, 0) is 17.4 Å². The first-order valence-electron chi connectivity index (χ1n) is 10.2. The summed E-state index contributed by atoms with van der Waals surface area (Å²) in [6, 6.07) is 7.00. The van der Waals surface area contributed by atoms with E-state index in [2.05, 4.69) is 4.98 Å². The van der Waals surface area contributed by atoms with E-state index in [1.54, 1.807) is 56.4 Å². The lowest BCUT2D eigenvalue weighted by atomic mass is 10.2. The van der Waals surface area contributed by atoms with E-state index in [1.165, 1.54) is 0 Å². The number of nitrogens with zero attached hydrogens (tertiary/aromatic N) is 2. The molecule has 3 rings (SSSR count). The lowest BCUT2D eigenvalue weighted by Crippen LogP contribution is -2.29. The largest absolute Gasteiger partial charge is 0.503 e. The van der Waals surface area contributed by atoms with Crippen molar-refractivity contribution in [1.29, 1.82) is 0 Å². The molecule has 1 unspecified atom stereocenters. The van der Waals surface area contributed by atoms with Crippen molar-refractivity contribution < 1.29 is 24.1 Å². The van der Waals surface area contributed by atoms with Gasteiger partial charge >= 0.3 is 5.56 Å². The summed E-state index contributed by atoms with van der Waals surface area (Å²) in [4.78, 5) is 17.9. The Labute approximate surface area is 190 Å². The van der Waals surface area contributed by atoms with Gasteiger partial charge in [0, 0.05) is 35.8 Å². The smallest absolute Gasteiger partial charge is 0.311 e. The van der Waals surface area contributed by atoms with Gasteiger partial charge < -0.3 is 24.1 Å². The molecule has 0 aliphatic carbocycles. The number of ether oxygens (including phenoxy) is 4. The lowest BCUT2D eigenvalue weighted by Gasteiger charge is -2.15. The predicted octanol–water partition coefficient (Wildman–Crippen LogP) is 3.22. The van der Waals surface area contributed by atoms with E-state index >= 15 is 0 Å². The van der Waals surface area contributed by atoms with Crippen molar-refractivity contribution in [2.45, 2.75) is 24.8 Å². The van der Waals surface area contributed by atoms with Gasteiger partial charge in [-0.15, -0.1) is 0 Å². The van der Waals surface area contributed by atoms with Gasteiger partial charge in [-0.1, -0.05) is 6.92 Å². The molecule has 0 aliphatic rings. The molecule has 0 saturated heterocycles. The van der Waals surface area contributed by atoms with Crippen molar-refractivity contribution in [3.8, 4) is 28.7 Å². The van der Waals surface area contributed by atoms with Crippen molar-refractivity contribution in [2.75, 3.05) is 39.9 Å². The van der Waals surface area contributed by atoms with Crippen LogP contribution in [0.4, 0.5) is 0 Å². The van der Waals surface area contributed by atoms with Crippen LogP contribution in [0, 0.1) is 0 Å². The average molecular weight is 462 g/mol. The average Bonchev–Trinajstić information content (AvgIpc) is 2.81. The second-order valence-corrected chi connectivity index (χ2v) is 9.15. The normalized spacial score (nSPS) is 11.9. The second-order valence-electron chi connectivity index (χ2n) is 7.06. The SMILES string of the molecule is CCCn1c(=O)c([S+](C)CCOc2cc(OC)c(OC)c(OC)c2)c(O)c2cccnc21. The first-order chi connectivity index (χ1) is 15.5. The molecular formula is C23H29N2O6S+. The third-order valence-corrected chi connectivity index (χ3v) is 6.89. The van der Waals surface area contributed by atoms with Crippen molar-refractivity contribution in [1.82, 2.24) is 9.55 Å². The van der Waals surface area contributed by atoms with Crippen LogP contribution in [0.15, 0.2) is 40.2 Å². The Morgan fingerprint density at radius 1 is 1.12 bits per heavy atom. The standard InChI is InChI=1S/C23H28N2O6S/c1-6-10-25-22-16(8-7-9-24-22)19(26)21(23(25)27)32(5)12-11-31-15-13-17(28-2)20(30-4)18(14-15)29-3/h7-9,13-14H,6,10-12H2,1-5H3/p+1. The fraction of sp³-hybridized carbons (Fsp3) is 0.391. The molecule has 2 heterocycles. The van der Waals surface area contributed by atoms with Gasteiger partial charge in [-0.25, -0.2) is 4.98 Å². The van der Waals surface area contributed by atoms with Crippen LogP contribution >= 0.6 is 0 Å². The van der Waals surface area contributed by atoms with Crippen LogP contribution in [0.25, 0.3) is 11.0 Å². The summed E-state index contributed by atoms with van der Waals surface area (Å²) in [5, 5.41) is 11.5. The number of methoxy groups -OCH3 is 3.